The van der Waals surface area contributed by atoms with Crippen LogP contribution < -0.4 is 0 Å². The summed E-state index contributed by atoms with van der Waals surface area (Å²) in [4.78, 5) is 22.5. The van der Waals surface area contributed by atoms with Crippen LogP contribution in [0.15, 0.2) is 0 Å². The molecule has 0 aliphatic heterocycles. The van der Waals surface area contributed by atoms with E-state index in [9.17, 15) is 14.3 Å². The van der Waals surface area contributed by atoms with Crippen LogP contribution in [0.5, 0.6) is 0 Å². The molecule has 1 N–H and O–H groups in total. The Morgan fingerprint density at radius 2 is 2.21 bits per heavy atom. The maximum Gasteiger partial charge on any atom is 0.444 e. The summed E-state index contributed by atoms with van der Waals surface area (Å²) >= 11 is 0. The highest BCUT2D eigenvalue weighted by Gasteiger charge is 2.41. The smallest absolute Gasteiger partial charge is 0.360 e. The Bertz CT molecular complexity index is 322. The highest BCUT2D eigenvalue weighted by Crippen LogP contribution is 2.44. The van der Waals surface area contributed by atoms with E-state index >= 15 is 0 Å². The molecule has 0 aromatic carbocycles. The SMILES string of the molecule is CCC(C)OP(=O)(O)C(=[N+]=[N-])C(C)=O. The van der Waals surface area contributed by atoms with Crippen LogP contribution in [0.3, 0.4) is 0 Å². The van der Waals surface area contributed by atoms with Crippen LogP contribution in [-0.4, -0.2) is 27.0 Å². The standard InChI is InChI=1S/C7H13N2O4P/c1-4-5(2)13-14(11,12)7(9-8)6(3)10/h5H,4H2,1-3H3,(H,11,12). The number of rotatable bonds is 5. The van der Waals surface area contributed by atoms with Crippen LogP contribution in [0.1, 0.15) is 27.2 Å². The second kappa shape index (κ2) is 5.17. The second-order valence-electron chi connectivity index (χ2n) is 2.82. The van der Waals surface area contributed by atoms with Crippen molar-refractivity contribution in [1.82, 2.24) is 0 Å². The zero-order chi connectivity index (χ0) is 11.4. The summed E-state index contributed by atoms with van der Waals surface area (Å²) in [5.41, 5.74) is 7.54. The summed E-state index contributed by atoms with van der Waals surface area (Å²) in [6.07, 6.45) is 0.0307. The van der Waals surface area contributed by atoms with E-state index in [0.717, 1.165) is 6.92 Å². The molecule has 2 atom stereocenters. The van der Waals surface area contributed by atoms with E-state index < -0.39 is 24.9 Å². The minimum absolute atomic E-state index is 0.484. The highest BCUT2D eigenvalue weighted by atomic mass is 31.2. The fourth-order valence-corrected chi connectivity index (χ4v) is 1.94. The predicted molar refractivity (Wildman–Crippen MR) is 50.0 cm³/mol. The summed E-state index contributed by atoms with van der Waals surface area (Å²) in [6, 6.07) is 0. The van der Waals surface area contributed by atoms with Gasteiger partial charge < -0.3 is 10.4 Å². The van der Waals surface area contributed by atoms with Gasteiger partial charge in [-0.15, -0.1) is 0 Å². The van der Waals surface area contributed by atoms with Gasteiger partial charge in [-0.3, -0.25) is 9.32 Å². The zero-order valence-electron chi connectivity index (χ0n) is 8.30. The first-order valence-corrected chi connectivity index (χ1v) is 5.67. The predicted octanol–water partition coefficient (Wildman–Crippen LogP) is 1.20. The van der Waals surface area contributed by atoms with Crippen molar-refractivity contribution in [2.24, 2.45) is 0 Å². The Kier molecular flexibility index (Phi) is 4.88. The largest absolute Gasteiger partial charge is 0.444 e. The van der Waals surface area contributed by atoms with Crippen LogP contribution in [0.4, 0.5) is 0 Å². The maximum atomic E-state index is 11.4. The van der Waals surface area contributed by atoms with Crippen molar-refractivity contribution in [3.63, 3.8) is 0 Å². The Morgan fingerprint density at radius 1 is 1.71 bits per heavy atom. The van der Waals surface area contributed by atoms with Gasteiger partial charge >= 0.3 is 13.0 Å². The topological polar surface area (TPSA) is 100 Å². The summed E-state index contributed by atoms with van der Waals surface area (Å²) < 4.78 is 16.1. The molecule has 0 amide bonds. The van der Waals surface area contributed by atoms with E-state index in [4.69, 9.17) is 10.1 Å². The average molecular weight is 220 g/mol. The Morgan fingerprint density at radius 3 is 2.50 bits per heavy atom. The molecule has 80 valence electrons. The normalized spacial score (nSPS) is 16.6. The maximum absolute atomic E-state index is 11.4. The molecule has 0 radical (unpaired) electrons. The van der Waals surface area contributed by atoms with Gasteiger partial charge in [-0.1, -0.05) is 6.92 Å². The second-order valence-corrected chi connectivity index (χ2v) is 4.50. The van der Waals surface area contributed by atoms with Gasteiger partial charge in [-0.2, -0.15) is 4.79 Å². The molecule has 0 spiro atoms. The molecule has 0 aliphatic rings. The van der Waals surface area contributed by atoms with Crippen LogP contribution in [0, 0.1) is 0 Å². The van der Waals surface area contributed by atoms with Gasteiger partial charge in [-0.25, -0.2) is 4.57 Å². The lowest BCUT2D eigenvalue weighted by atomic mass is 10.3. The Balaban J connectivity index is 4.86. The molecule has 0 saturated carbocycles. The highest BCUT2D eigenvalue weighted by molar-refractivity contribution is 7.74. The van der Waals surface area contributed by atoms with E-state index in [0.29, 0.717) is 6.42 Å². The van der Waals surface area contributed by atoms with Gasteiger partial charge in [0.15, 0.2) is 0 Å². The van der Waals surface area contributed by atoms with E-state index in [2.05, 4.69) is 4.79 Å². The van der Waals surface area contributed by atoms with Gasteiger partial charge in [0.05, 0.1) is 6.10 Å². The monoisotopic (exact) mass is 220 g/mol. The minimum Gasteiger partial charge on any atom is -0.360 e. The summed E-state index contributed by atoms with van der Waals surface area (Å²) in [5, 5.41) is 0. The van der Waals surface area contributed by atoms with Gasteiger partial charge in [0.1, 0.15) is 0 Å². The number of hydrogen-bond acceptors (Lipinski definition) is 3. The molecule has 0 aromatic heterocycles. The third-order valence-corrected chi connectivity index (χ3v) is 3.16. The fraction of sp³-hybridized carbons (Fsp3) is 0.714. The van der Waals surface area contributed by atoms with Crippen molar-refractivity contribution in [3.8, 4) is 0 Å². The zero-order valence-corrected chi connectivity index (χ0v) is 9.19. The number of hydrogen-bond donors (Lipinski definition) is 1. The molecular weight excluding hydrogens is 207 g/mol. The number of carbonyl (C=O) groups is 1. The minimum atomic E-state index is -4.28. The van der Waals surface area contributed by atoms with E-state index in [1.54, 1.807) is 13.8 Å². The third-order valence-electron chi connectivity index (χ3n) is 1.58. The molecule has 2 unspecified atom stereocenters. The molecule has 0 bridgehead atoms. The molecule has 7 heteroatoms. The molecule has 6 nitrogen and oxygen atoms in total. The first-order valence-electron chi connectivity index (χ1n) is 4.09. The van der Waals surface area contributed by atoms with Crippen molar-refractivity contribution < 1.29 is 23.6 Å². The van der Waals surface area contributed by atoms with Gasteiger partial charge in [0, 0.05) is 6.92 Å². The number of nitrogens with zero attached hydrogens (tertiary/aromatic N) is 2. The van der Waals surface area contributed by atoms with Crippen LogP contribution >= 0.6 is 7.60 Å². The van der Waals surface area contributed by atoms with Gasteiger partial charge in [0.25, 0.3) is 0 Å². The Hall–Kier alpha value is -0.800. The molecule has 14 heavy (non-hydrogen) atoms. The average Bonchev–Trinajstić information content (AvgIpc) is 2.02. The Labute approximate surface area is 82.0 Å². The summed E-state index contributed by atoms with van der Waals surface area (Å²) in [5.74, 6) is -0.790. The number of Topliss-reactive ketones (excluding diaryl/α,β-unsaturated/α-hetero) is 1. The van der Waals surface area contributed by atoms with Crippen molar-refractivity contribution in [1.29, 1.82) is 0 Å². The number of carbonyl (C=O) groups excluding carboxylic acids is 1. The van der Waals surface area contributed by atoms with Crippen molar-refractivity contribution in [3.05, 3.63) is 5.53 Å². The summed E-state index contributed by atoms with van der Waals surface area (Å²) in [6.45, 7) is 4.37. The number of ketones is 1. The molecular formula is C7H13N2O4P. The lowest BCUT2D eigenvalue weighted by molar-refractivity contribution is -0.114. The molecule has 0 fully saturated rings. The van der Waals surface area contributed by atoms with Crippen LogP contribution in [0.2, 0.25) is 0 Å². The first kappa shape index (κ1) is 13.2. The molecule has 0 aromatic rings. The van der Waals surface area contributed by atoms with Crippen LogP contribution in [0.25, 0.3) is 5.53 Å². The lowest BCUT2D eigenvalue weighted by Crippen LogP contribution is -2.16. The van der Waals surface area contributed by atoms with Gasteiger partial charge in [0.2, 0.25) is 5.78 Å². The van der Waals surface area contributed by atoms with Crippen molar-refractivity contribution in [2.45, 2.75) is 33.3 Å². The molecule has 0 saturated heterocycles. The third kappa shape index (κ3) is 3.52. The van der Waals surface area contributed by atoms with Crippen LogP contribution in [-0.2, 0) is 13.9 Å². The van der Waals surface area contributed by atoms with Crippen molar-refractivity contribution in [2.75, 3.05) is 0 Å². The first-order chi connectivity index (χ1) is 6.35. The lowest BCUT2D eigenvalue weighted by Gasteiger charge is -2.11. The molecule has 0 rings (SSSR count). The molecule has 0 heterocycles. The summed E-state index contributed by atoms with van der Waals surface area (Å²) in [7, 11) is -4.28. The van der Waals surface area contributed by atoms with E-state index in [1.807, 2.05) is 0 Å². The quantitative estimate of drug-likeness (QED) is 0.325. The van der Waals surface area contributed by atoms with E-state index in [1.165, 1.54) is 0 Å². The van der Waals surface area contributed by atoms with Crippen molar-refractivity contribution >= 4 is 18.8 Å². The fourth-order valence-electron chi connectivity index (χ4n) is 0.694. The van der Waals surface area contributed by atoms with Gasteiger partial charge in [-0.05, 0) is 13.3 Å². The molecule has 0 aliphatic carbocycles. The van der Waals surface area contributed by atoms with E-state index in [-0.39, 0.29) is 0 Å².